The number of hydrogen-bond donors (Lipinski definition) is 1. The Labute approximate surface area is 115 Å². The zero-order chi connectivity index (χ0) is 14.5. The zero-order valence-electron chi connectivity index (χ0n) is 12.3. The van der Waals surface area contributed by atoms with Crippen molar-refractivity contribution in [3.63, 3.8) is 0 Å². The highest BCUT2D eigenvalue weighted by molar-refractivity contribution is 5.24. The van der Waals surface area contributed by atoms with E-state index < -0.39 is 0 Å². The molecule has 0 aliphatic carbocycles. The van der Waals surface area contributed by atoms with Gasteiger partial charge >= 0.3 is 0 Å². The van der Waals surface area contributed by atoms with E-state index in [2.05, 4.69) is 11.9 Å². The maximum atomic E-state index is 13.7. The molecule has 1 aromatic rings. The van der Waals surface area contributed by atoms with Gasteiger partial charge in [0, 0.05) is 12.1 Å². The van der Waals surface area contributed by atoms with Crippen LogP contribution in [-0.4, -0.2) is 12.1 Å². The highest BCUT2D eigenvalue weighted by Gasteiger charge is 2.12. The van der Waals surface area contributed by atoms with Crippen molar-refractivity contribution in [1.29, 1.82) is 0 Å². The fraction of sp³-hybridized carbons (Fsp3) is 0.500. The van der Waals surface area contributed by atoms with Gasteiger partial charge in [-0.3, -0.25) is 0 Å². The van der Waals surface area contributed by atoms with Crippen LogP contribution in [0.4, 0.5) is 4.39 Å². The molecule has 0 saturated heterocycles. The molecule has 0 bridgehead atoms. The van der Waals surface area contributed by atoms with E-state index in [0.29, 0.717) is 24.4 Å². The summed E-state index contributed by atoms with van der Waals surface area (Å²) in [4.78, 5) is 0. The van der Waals surface area contributed by atoms with E-state index in [1.807, 2.05) is 39.8 Å². The van der Waals surface area contributed by atoms with E-state index in [1.165, 1.54) is 0 Å². The Kier molecular flexibility index (Phi) is 5.55. The van der Waals surface area contributed by atoms with Crippen LogP contribution >= 0.6 is 0 Å². The predicted octanol–water partition coefficient (Wildman–Crippen LogP) is 3.81. The molecule has 0 aliphatic rings. The molecule has 0 heterocycles. The van der Waals surface area contributed by atoms with Gasteiger partial charge in [-0.15, -0.1) is 0 Å². The fourth-order valence-electron chi connectivity index (χ4n) is 1.76. The van der Waals surface area contributed by atoms with E-state index >= 15 is 0 Å². The Hall–Kier alpha value is -1.35. The largest absolute Gasteiger partial charge is 0.492 e. The quantitative estimate of drug-likeness (QED) is 0.790. The van der Waals surface area contributed by atoms with E-state index in [4.69, 9.17) is 4.74 Å². The van der Waals surface area contributed by atoms with E-state index in [9.17, 15) is 4.39 Å². The average Bonchev–Trinajstić information content (AvgIpc) is 2.28. The van der Waals surface area contributed by atoms with Crippen LogP contribution in [0, 0.1) is 5.82 Å². The fourth-order valence-corrected chi connectivity index (χ4v) is 1.76. The second-order valence-electron chi connectivity index (χ2n) is 5.64. The summed E-state index contributed by atoms with van der Waals surface area (Å²) < 4.78 is 19.3. The number of rotatable bonds is 6. The standard InChI is InChI=1S/C16H24FNO/c1-6-13-7-8-14(15(17)9-13)11-18-10-12(2)19-16(3,4)5/h7-9,18H,2,6,10-11H2,1,3-5H3. The summed E-state index contributed by atoms with van der Waals surface area (Å²) >= 11 is 0. The van der Waals surface area contributed by atoms with Gasteiger partial charge in [0.05, 0.1) is 6.54 Å². The first kappa shape index (κ1) is 15.7. The van der Waals surface area contributed by atoms with Crippen LogP contribution < -0.4 is 5.32 Å². The molecule has 0 fully saturated rings. The lowest BCUT2D eigenvalue weighted by atomic mass is 10.1. The highest BCUT2D eigenvalue weighted by Crippen LogP contribution is 2.13. The number of hydrogen-bond acceptors (Lipinski definition) is 2. The summed E-state index contributed by atoms with van der Waals surface area (Å²) in [5.41, 5.74) is 1.44. The number of aryl methyl sites for hydroxylation is 1. The van der Waals surface area contributed by atoms with Crippen LogP contribution in [0.15, 0.2) is 30.5 Å². The van der Waals surface area contributed by atoms with Crippen LogP contribution in [0.5, 0.6) is 0 Å². The highest BCUT2D eigenvalue weighted by atomic mass is 19.1. The molecular formula is C16H24FNO. The lowest BCUT2D eigenvalue weighted by Gasteiger charge is -2.23. The second kappa shape index (κ2) is 6.71. The van der Waals surface area contributed by atoms with Gasteiger partial charge in [-0.25, -0.2) is 4.39 Å². The Morgan fingerprint density at radius 1 is 1.37 bits per heavy atom. The molecule has 0 spiro atoms. The van der Waals surface area contributed by atoms with Gasteiger partial charge < -0.3 is 10.1 Å². The summed E-state index contributed by atoms with van der Waals surface area (Å²) in [5, 5.41) is 3.14. The summed E-state index contributed by atoms with van der Waals surface area (Å²) in [7, 11) is 0. The van der Waals surface area contributed by atoms with Crippen molar-refractivity contribution in [2.24, 2.45) is 0 Å². The van der Waals surface area contributed by atoms with Gasteiger partial charge in [-0.1, -0.05) is 25.6 Å². The van der Waals surface area contributed by atoms with Gasteiger partial charge in [0.2, 0.25) is 0 Å². The van der Waals surface area contributed by atoms with Crippen molar-refractivity contribution in [3.05, 3.63) is 47.5 Å². The van der Waals surface area contributed by atoms with Crippen molar-refractivity contribution in [2.75, 3.05) is 6.54 Å². The summed E-state index contributed by atoms with van der Waals surface area (Å²) in [6.45, 7) is 12.8. The molecule has 106 valence electrons. The van der Waals surface area contributed by atoms with Crippen molar-refractivity contribution in [3.8, 4) is 0 Å². The first-order valence-electron chi connectivity index (χ1n) is 6.66. The van der Waals surface area contributed by atoms with Crippen molar-refractivity contribution < 1.29 is 9.13 Å². The maximum absolute atomic E-state index is 13.7. The van der Waals surface area contributed by atoms with Crippen LogP contribution in [0.1, 0.15) is 38.8 Å². The van der Waals surface area contributed by atoms with Crippen molar-refractivity contribution in [1.82, 2.24) is 5.32 Å². The zero-order valence-corrected chi connectivity index (χ0v) is 12.3. The van der Waals surface area contributed by atoms with E-state index in [1.54, 1.807) is 6.07 Å². The minimum absolute atomic E-state index is 0.158. The third kappa shape index (κ3) is 5.88. The third-order valence-electron chi connectivity index (χ3n) is 2.61. The summed E-state index contributed by atoms with van der Waals surface area (Å²) in [5.74, 6) is 0.507. The SMILES string of the molecule is C=C(CNCc1ccc(CC)cc1F)OC(C)(C)C. The van der Waals surface area contributed by atoms with Crippen LogP contribution in [0.3, 0.4) is 0 Å². The molecule has 0 saturated carbocycles. The Morgan fingerprint density at radius 2 is 2.05 bits per heavy atom. The summed E-state index contributed by atoms with van der Waals surface area (Å²) in [6.07, 6.45) is 0.848. The molecule has 2 nitrogen and oxygen atoms in total. The molecule has 1 rings (SSSR count). The number of benzene rings is 1. The molecule has 0 radical (unpaired) electrons. The average molecular weight is 265 g/mol. The van der Waals surface area contributed by atoms with Crippen LogP contribution in [-0.2, 0) is 17.7 Å². The molecule has 0 amide bonds. The maximum Gasteiger partial charge on any atom is 0.127 e. The molecule has 1 aromatic carbocycles. The Balaban J connectivity index is 2.43. The van der Waals surface area contributed by atoms with Gasteiger partial charge in [-0.05, 0) is 38.8 Å². The number of halogens is 1. The second-order valence-corrected chi connectivity index (χ2v) is 5.64. The van der Waals surface area contributed by atoms with E-state index in [-0.39, 0.29) is 11.4 Å². The van der Waals surface area contributed by atoms with Gasteiger partial charge in [0.15, 0.2) is 0 Å². The van der Waals surface area contributed by atoms with Crippen LogP contribution in [0.25, 0.3) is 0 Å². The minimum atomic E-state index is -0.243. The molecular weight excluding hydrogens is 241 g/mol. The van der Waals surface area contributed by atoms with Gasteiger partial charge in [0.25, 0.3) is 0 Å². The normalized spacial score (nSPS) is 11.4. The molecule has 3 heteroatoms. The molecule has 0 unspecified atom stereocenters. The smallest absolute Gasteiger partial charge is 0.127 e. The molecule has 0 atom stereocenters. The Morgan fingerprint density at radius 3 is 2.58 bits per heavy atom. The van der Waals surface area contributed by atoms with Gasteiger partial charge in [-0.2, -0.15) is 0 Å². The van der Waals surface area contributed by atoms with Gasteiger partial charge in [0.1, 0.15) is 17.2 Å². The number of ether oxygens (including phenoxy) is 1. The molecule has 0 aliphatic heterocycles. The summed E-state index contributed by atoms with van der Waals surface area (Å²) in [6, 6.07) is 5.38. The van der Waals surface area contributed by atoms with Crippen LogP contribution in [0.2, 0.25) is 0 Å². The molecule has 0 aromatic heterocycles. The number of nitrogens with one attached hydrogen (secondary N) is 1. The first-order chi connectivity index (χ1) is 8.81. The third-order valence-corrected chi connectivity index (χ3v) is 2.61. The Bertz CT molecular complexity index is 435. The lowest BCUT2D eigenvalue weighted by Crippen LogP contribution is -2.24. The van der Waals surface area contributed by atoms with Crippen molar-refractivity contribution >= 4 is 0 Å². The van der Waals surface area contributed by atoms with E-state index in [0.717, 1.165) is 12.0 Å². The first-order valence-corrected chi connectivity index (χ1v) is 6.66. The molecule has 19 heavy (non-hydrogen) atoms. The minimum Gasteiger partial charge on any atom is -0.492 e. The molecule has 1 N–H and O–H groups in total. The lowest BCUT2D eigenvalue weighted by molar-refractivity contribution is 0.0498. The topological polar surface area (TPSA) is 21.3 Å². The van der Waals surface area contributed by atoms with Crippen molar-refractivity contribution in [2.45, 2.75) is 46.3 Å². The predicted molar refractivity (Wildman–Crippen MR) is 77.5 cm³/mol. The monoisotopic (exact) mass is 265 g/mol.